The van der Waals surface area contributed by atoms with Crippen molar-refractivity contribution in [1.29, 1.82) is 0 Å². The second-order valence-electron chi connectivity index (χ2n) is 5.41. The molecule has 2 N–H and O–H groups in total. The molecule has 0 bridgehead atoms. The molecular weight excluding hydrogens is 253 g/mol. The summed E-state index contributed by atoms with van der Waals surface area (Å²) in [6.07, 6.45) is 5.92. The summed E-state index contributed by atoms with van der Waals surface area (Å²) in [6, 6.07) is 5.85. The van der Waals surface area contributed by atoms with Crippen LogP contribution in [-0.4, -0.2) is 6.04 Å². The molecule has 0 aromatic heterocycles. The van der Waals surface area contributed by atoms with Crippen LogP contribution in [0.25, 0.3) is 0 Å². The molecule has 0 saturated heterocycles. The van der Waals surface area contributed by atoms with E-state index in [2.05, 4.69) is 6.92 Å². The Kier molecular flexibility index (Phi) is 4.02. The van der Waals surface area contributed by atoms with E-state index < -0.39 is 0 Å². The highest BCUT2D eigenvalue weighted by Gasteiger charge is 2.34. The number of halogens is 2. The maximum atomic E-state index is 6.36. The summed E-state index contributed by atoms with van der Waals surface area (Å²) in [4.78, 5) is 0. The lowest BCUT2D eigenvalue weighted by molar-refractivity contribution is 0.260. The van der Waals surface area contributed by atoms with Gasteiger partial charge in [-0.05, 0) is 42.4 Å². The lowest BCUT2D eigenvalue weighted by Gasteiger charge is -2.31. The molecule has 0 amide bonds. The predicted molar refractivity (Wildman–Crippen MR) is 74.7 cm³/mol. The highest BCUT2D eigenvalue weighted by Crippen LogP contribution is 2.41. The van der Waals surface area contributed by atoms with Crippen LogP contribution in [0.15, 0.2) is 18.2 Å². The number of nitrogens with two attached hydrogens (primary N) is 1. The third kappa shape index (κ3) is 2.96. The van der Waals surface area contributed by atoms with Gasteiger partial charge in [0, 0.05) is 16.1 Å². The first-order valence-corrected chi connectivity index (χ1v) is 6.96. The Morgan fingerprint density at radius 2 is 1.94 bits per heavy atom. The van der Waals surface area contributed by atoms with Gasteiger partial charge in [-0.25, -0.2) is 0 Å². The standard InChI is InChI=1S/C14H19Cl2N/c1-14(6-2-3-7-14)13(17)8-10-4-5-11(15)9-12(10)16/h4-5,9,13H,2-3,6-8,17H2,1H3. The summed E-state index contributed by atoms with van der Waals surface area (Å²) >= 11 is 12.1. The summed E-state index contributed by atoms with van der Waals surface area (Å²) < 4.78 is 0. The van der Waals surface area contributed by atoms with Gasteiger partial charge >= 0.3 is 0 Å². The fourth-order valence-corrected chi connectivity index (χ4v) is 3.21. The SMILES string of the molecule is CC1(C(N)Cc2ccc(Cl)cc2Cl)CCCC1. The van der Waals surface area contributed by atoms with Crippen molar-refractivity contribution in [3.63, 3.8) is 0 Å². The second-order valence-corrected chi connectivity index (χ2v) is 6.25. The summed E-state index contributed by atoms with van der Waals surface area (Å²) in [7, 11) is 0. The van der Waals surface area contributed by atoms with Crippen molar-refractivity contribution in [3.8, 4) is 0 Å². The van der Waals surface area contributed by atoms with Crippen LogP contribution in [0.4, 0.5) is 0 Å². The summed E-state index contributed by atoms with van der Waals surface area (Å²) in [5, 5.41) is 1.41. The van der Waals surface area contributed by atoms with Crippen molar-refractivity contribution in [2.75, 3.05) is 0 Å². The predicted octanol–water partition coefficient (Wildman–Crippen LogP) is 4.44. The molecule has 1 fully saturated rings. The van der Waals surface area contributed by atoms with Crippen LogP contribution in [0.1, 0.15) is 38.2 Å². The van der Waals surface area contributed by atoms with Gasteiger partial charge in [0.05, 0.1) is 0 Å². The van der Waals surface area contributed by atoms with E-state index in [1.54, 1.807) is 6.07 Å². The zero-order valence-corrected chi connectivity index (χ0v) is 11.7. The van der Waals surface area contributed by atoms with Crippen LogP contribution < -0.4 is 5.73 Å². The van der Waals surface area contributed by atoms with E-state index in [4.69, 9.17) is 28.9 Å². The molecule has 17 heavy (non-hydrogen) atoms. The Labute approximate surface area is 113 Å². The van der Waals surface area contributed by atoms with Gasteiger partial charge in [0.2, 0.25) is 0 Å². The third-order valence-electron chi connectivity index (χ3n) is 4.10. The average molecular weight is 272 g/mol. The van der Waals surface area contributed by atoms with Gasteiger partial charge in [0.1, 0.15) is 0 Å². The molecule has 0 heterocycles. The van der Waals surface area contributed by atoms with Gasteiger partial charge < -0.3 is 5.73 Å². The van der Waals surface area contributed by atoms with Gasteiger partial charge in [-0.15, -0.1) is 0 Å². The van der Waals surface area contributed by atoms with E-state index in [9.17, 15) is 0 Å². The molecule has 0 spiro atoms. The molecule has 1 unspecified atom stereocenters. The monoisotopic (exact) mass is 271 g/mol. The lowest BCUT2D eigenvalue weighted by Crippen LogP contribution is -2.39. The fourth-order valence-electron chi connectivity index (χ4n) is 2.72. The molecule has 1 nitrogen and oxygen atoms in total. The van der Waals surface area contributed by atoms with Crippen LogP contribution in [0.3, 0.4) is 0 Å². The Morgan fingerprint density at radius 1 is 1.29 bits per heavy atom. The molecule has 94 valence electrons. The lowest BCUT2D eigenvalue weighted by atomic mass is 9.78. The molecule has 2 rings (SSSR count). The summed E-state index contributed by atoms with van der Waals surface area (Å²) in [5.74, 6) is 0. The quantitative estimate of drug-likeness (QED) is 0.864. The Morgan fingerprint density at radius 3 is 2.53 bits per heavy atom. The van der Waals surface area contributed by atoms with E-state index in [1.165, 1.54) is 25.7 Å². The highest BCUT2D eigenvalue weighted by molar-refractivity contribution is 6.35. The largest absolute Gasteiger partial charge is 0.327 e. The maximum Gasteiger partial charge on any atom is 0.0453 e. The summed E-state index contributed by atoms with van der Waals surface area (Å²) in [6.45, 7) is 2.30. The fraction of sp³-hybridized carbons (Fsp3) is 0.571. The smallest absolute Gasteiger partial charge is 0.0453 e. The number of rotatable bonds is 3. The zero-order valence-electron chi connectivity index (χ0n) is 10.2. The Bertz CT molecular complexity index is 397. The van der Waals surface area contributed by atoms with E-state index in [-0.39, 0.29) is 11.5 Å². The van der Waals surface area contributed by atoms with Crippen molar-refractivity contribution < 1.29 is 0 Å². The Balaban J connectivity index is 2.10. The van der Waals surface area contributed by atoms with E-state index in [1.807, 2.05) is 12.1 Å². The molecule has 0 aliphatic heterocycles. The van der Waals surface area contributed by atoms with Crippen molar-refractivity contribution in [3.05, 3.63) is 33.8 Å². The van der Waals surface area contributed by atoms with E-state index in [0.29, 0.717) is 5.02 Å². The molecule has 1 aromatic carbocycles. The molecule has 3 heteroatoms. The number of benzene rings is 1. The molecule has 1 aromatic rings. The van der Waals surface area contributed by atoms with Gasteiger partial charge in [-0.3, -0.25) is 0 Å². The van der Waals surface area contributed by atoms with Crippen LogP contribution >= 0.6 is 23.2 Å². The minimum Gasteiger partial charge on any atom is -0.327 e. The first-order valence-electron chi connectivity index (χ1n) is 6.21. The zero-order chi connectivity index (χ0) is 12.5. The topological polar surface area (TPSA) is 26.0 Å². The molecule has 0 radical (unpaired) electrons. The minimum atomic E-state index is 0.184. The van der Waals surface area contributed by atoms with Crippen molar-refractivity contribution in [1.82, 2.24) is 0 Å². The molecular formula is C14H19Cl2N. The van der Waals surface area contributed by atoms with Crippen LogP contribution in [-0.2, 0) is 6.42 Å². The first-order chi connectivity index (χ1) is 8.01. The number of hydrogen-bond acceptors (Lipinski definition) is 1. The van der Waals surface area contributed by atoms with Crippen molar-refractivity contribution in [2.45, 2.75) is 45.1 Å². The molecule has 1 saturated carbocycles. The third-order valence-corrected chi connectivity index (χ3v) is 4.68. The second kappa shape index (κ2) is 5.17. The van der Waals surface area contributed by atoms with Gasteiger partial charge in [0.25, 0.3) is 0 Å². The minimum absolute atomic E-state index is 0.184. The molecule has 1 atom stereocenters. The van der Waals surface area contributed by atoms with Gasteiger partial charge in [-0.1, -0.05) is 49.0 Å². The average Bonchev–Trinajstić information content (AvgIpc) is 2.71. The van der Waals surface area contributed by atoms with Crippen molar-refractivity contribution in [2.24, 2.45) is 11.1 Å². The number of hydrogen-bond donors (Lipinski definition) is 1. The van der Waals surface area contributed by atoms with Crippen LogP contribution in [0.5, 0.6) is 0 Å². The van der Waals surface area contributed by atoms with E-state index >= 15 is 0 Å². The van der Waals surface area contributed by atoms with E-state index in [0.717, 1.165) is 17.0 Å². The van der Waals surface area contributed by atoms with Gasteiger partial charge in [-0.2, -0.15) is 0 Å². The Hall–Kier alpha value is -0.240. The van der Waals surface area contributed by atoms with Crippen LogP contribution in [0.2, 0.25) is 10.0 Å². The molecule has 1 aliphatic rings. The van der Waals surface area contributed by atoms with Crippen LogP contribution in [0, 0.1) is 5.41 Å². The first kappa shape index (κ1) is 13.2. The normalized spacial score (nSPS) is 20.5. The highest BCUT2D eigenvalue weighted by atomic mass is 35.5. The maximum absolute atomic E-state index is 6.36. The summed E-state index contributed by atoms with van der Waals surface area (Å²) in [5.41, 5.74) is 7.75. The van der Waals surface area contributed by atoms with Crippen molar-refractivity contribution >= 4 is 23.2 Å². The van der Waals surface area contributed by atoms with Gasteiger partial charge in [0.15, 0.2) is 0 Å². The molecule has 1 aliphatic carbocycles.